The highest BCUT2D eigenvalue weighted by molar-refractivity contribution is 5.90. The summed E-state index contributed by atoms with van der Waals surface area (Å²) in [5, 5.41) is 2.72. The molecule has 2 amide bonds. The van der Waals surface area contributed by atoms with Crippen LogP contribution in [0.3, 0.4) is 0 Å². The van der Waals surface area contributed by atoms with E-state index in [1.807, 2.05) is 13.8 Å². The summed E-state index contributed by atoms with van der Waals surface area (Å²) in [4.78, 5) is 26.3. The van der Waals surface area contributed by atoms with Crippen LogP contribution in [0.1, 0.15) is 38.3 Å². The first kappa shape index (κ1) is 15.5. The smallest absolute Gasteiger partial charge is 0.247 e. The van der Waals surface area contributed by atoms with Crippen LogP contribution in [0.2, 0.25) is 0 Å². The van der Waals surface area contributed by atoms with Gasteiger partial charge in [0.2, 0.25) is 11.8 Å². The third-order valence-corrected chi connectivity index (χ3v) is 4.03. The molecule has 1 aromatic rings. The molecule has 1 aromatic carbocycles. The van der Waals surface area contributed by atoms with Crippen LogP contribution in [0.5, 0.6) is 0 Å². The van der Waals surface area contributed by atoms with Crippen molar-refractivity contribution in [1.29, 1.82) is 0 Å². The van der Waals surface area contributed by atoms with Crippen molar-refractivity contribution < 1.29 is 14.0 Å². The zero-order chi connectivity index (χ0) is 15.4. The van der Waals surface area contributed by atoms with Crippen molar-refractivity contribution >= 4 is 11.8 Å². The summed E-state index contributed by atoms with van der Waals surface area (Å²) in [5.74, 6) is -0.958. The number of carbonyl (C=O) groups is 2. The van der Waals surface area contributed by atoms with Crippen molar-refractivity contribution in [2.24, 2.45) is 5.92 Å². The molecule has 1 aliphatic rings. The van der Waals surface area contributed by atoms with Crippen molar-refractivity contribution in [3.63, 3.8) is 0 Å². The summed E-state index contributed by atoms with van der Waals surface area (Å²) >= 11 is 0. The number of carbonyl (C=O) groups excluding carboxylic acids is 2. The predicted molar refractivity (Wildman–Crippen MR) is 77.9 cm³/mol. The third kappa shape index (κ3) is 3.06. The minimum absolute atomic E-state index is 0.0666. The molecule has 0 saturated carbocycles. The lowest BCUT2D eigenvalue weighted by Gasteiger charge is -2.37. The van der Waals surface area contributed by atoms with Gasteiger partial charge >= 0.3 is 0 Å². The molecule has 0 bridgehead atoms. The van der Waals surface area contributed by atoms with Crippen LogP contribution in [0.15, 0.2) is 24.3 Å². The van der Waals surface area contributed by atoms with Gasteiger partial charge in [-0.25, -0.2) is 4.39 Å². The highest BCUT2D eigenvalue weighted by Gasteiger charge is 2.37. The molecule has 0 unspecified atom stereocenters. The van der Waals surface area contributed by atoms with Gasteiger partial charge in [-0.05, 0) is 18.9 Å². The Labute approximate surface area is 124 Å². The van der Waals surface area contributed by atoms with Crippen LogP contribution in [-0.4, -0.2) is 29.8 Å². The van der Waals surface area contributed by atoms with Gasteiger partial charge in [-0.15, -0.1) is 0 Å². The zero-order valence-corrected chi connectivity index (χ0v) is 12.4. The standard InChI is InChI=1S/C16H21FN2O2/c1-3-11(4-2)16(21)19-10-9-18-15(20)14(19)12-7-5-6-8-13(12)17/h5-8,11,14H,3-4,9-10H2,1-2H3,(H,18,20)/t14-/m0/s1. The highest BCUT2D eigenvalue weighted by Crippen LogP contribution is 2.28. The average Bonchev–Trinajstić information content (AvgIpc) is 2.49. The monoisotopic (exact) mass is 292 g/mol. The molecule has 1 fully saturated rings. The maximum absolute atomic E-state index is 14.0. The predicted octanol–water partition coefficient (Wildman–Crippen LogP) is 2.26. The summed E-state index contributed by atoms with van der Waals surface area (Å²) in [5.41, 5.74) is 0.258. The maximum Gasteiger partial charge on any atom is 0.247 e. The van der Waals surface area contributed by atoms with E-state index < -0.39 is 11.9 Å². The molecular formula is C16H21FN2O2. The fourth-order valence-corrected chi connectivity index (χ4v) is 2.78. The van der Waals surface area contributed by atoms with Gasteiger partial charge in [-0.2, -0.15) is 0 Å². The van der Waals surface area contributed by atoms with Gasteiger partial charge in [0.05, 0.1) is 0 Å². The molecule has 4 nitrogen and oxygen atoms in total. The Kier molecular flexibility index (Phi) is 4.94. The molecule has 1 heterocycles. The Bertz CT molecular complexity index is 529. The molecule has 0 aliphatic carbocycles. The van der Waals surface area contributed by atoms with Crippen LogP contribution >= 0.6 is 0 Å². The van der Waals surface area contributed by atoms with Gasteiger partial charge in [-0.1, -0.05) is 32.0 Å². The summed E-state index contributed by atoms with van der Waals surface area (Å²) in [6.45, 7) is 4.73. The van der Waals surface area contributed by atoms with E-state index in [0.29, 0.717) is 13.1 Å². The minimum Gasteiger partial charge on any atom is -0.352 e. The number of rotatable bonds is 4. The Morgan fingerprint density at radius 2 is 2.05 bits per heavy atom. The number of hydrogen-bond donors (Lipinski definition) is 1. The molecular weight excluding hydrogens is 271 g/mol. The van der Waals surface area contributed by atoms with Gasteiger partial charge in [0, 0.05) is 24.6 Å². The number of nitrogens with one attached hydrogen (secondary N) is 1. The van der Waals surface area contributed by atoms with E-state index in [1.165, 1.54) is 11.0 Å². The van der Waals surface area contributed by atoms with Gasteiger partial charge in [0.15, 0.2) is 0 Å². The van der Waals surface area contributed by atoms with Gasteiger partial charge < -0.3 is 10.2 Å². The summed E-state index contributed by atoms with van der Waals surface area (Å²) in [7, 11) is 0. The molecule has 114 valence electrons. The number of nitrogens with zero attached hydrogens (tertiary/aromatic N) is 1. The summed E-state index contributed by atoms with van der Waals surface area (Å²) in [6, 6.07) is 5.27. The first-order valence-corrected chi connectivity index (χ1v) is 7.42. The van der Waals surface area contributed by atoms with Crippen LogP contribution in [0.25, 0.3) is 0 Å². The van der Waals surface area contributed by atoms with E-state index in [0.717, 1.165) is 12.8 Å². The van der Waals surface area contributed by atoms with E-state index in [-0.39, 0.29) is 23.3 Å². The van der Waals surface area contributed by atoms with Crippen LogP contribution in [0, 0.1) is 11.7 Å². The number of amides is 2. The lowest BCUT2D eigenvalue weighted by molar-refractivity contribution is -0.146. The normalized spacial score (nSPS) is 18.8. The van der Waals surface area contributed by atoms with Crippen LogP contribution < -0.4 is 5.32 Å². The van der Waals surface area contributed by atoms with E-state index >= 15 is 0 Å². The fraction of sp³-hybridized carbons (Fsp3) is 0.500. The van der Waals surface area contributed by atoms with E-state index in [4.69, 9.17) is 0 Å². The molecule has 0 aromatic heterocycles. The molecule has 5 heteroatoms. The molecule has 0 radical (unpaired) electrons. The van der Waals surface area contributed by atoms with Crippen molar-refractivity contribution in [2.45, 2.75) is 32.7 Å². The van der Waals surface area contributed by atoms with Gasteiger partial charge in [-0.3, -0.25) is 9.59 Å². The van der Waals surface area contributed by atoms with E-state index in [2.05, 4.69) is 5.32 Å². The van der Waals surface area contributed by atoms with Gasteiger partial charge in [0.1, 0.15) is 11.9 Å². The van der Waals surface area contributed by atoms with Crippen molar-refractivity contribution in [2.75, 3.05) is 13.1 Å². The fourth-order valence-electron chi connectivity index (χ4n) is 2.78. The van der Waals surface area contributed by atoms with Gasteiger partial charge in [0.25, 0.3) is 0 Å². The van der Waals surface area contributed by atoms with Crippen LogP contribution in [0.4, 0.5) is 4.39 Å². The Hall–Kier alpha value is -1.91. The largest absolute Gasteiger partial charge is 0.352 e. The molecule has 2 rings (SSSR count). The molecule has 21 heavy (non-hydrogen) atoms. The highest BCUT2D eigenvalue weighted by atomic mass is 19.1. The SMILES string of the molecule is CCC(CC)C(=O)N1CCNC(=O)[C@@H]1c1ccccc1F. The second-order valence-electron chi connectivity index (χ2n) is 5.26. The van der Waals surface area contributed by atoms with Crippen molar-refractivity contribution in [1.82, 2.24) is 10.2 Å². The Balaban J connectivity index is 2.36. The summed E-state index contributed by atoms with van der Waals surface area (Å²) < 4.78 is 14.0. The number of benzene rings is 1. The third-order valence-electron chi connectivity index (χ3n) is 4.03. The lowest BCUT2D eigenvalue weighted by atomic mass is 9.96. The molecule has 1 aliphatic heterocycles. The maximum atomic E-state index is 14.0. The molecule has 1 saturated heterocycles. The lowest BCUT2D eigenvalue weighted by Crippen LogP contribution is -2.53. The number of hydrogen-bond acceptors (Lipinski definition) is 2. The Morgan fingerprint density at radius 1 is 1.38 bits per heavy atom. The molecule has 0 spiro atoms. The molecule has 1 N–H and O–H groups in total. The zero-order valence-electron chi connectivity index (χ0n) is 12.4. The number of halogens is 1. The van der Waals surface area contributed by atoms with Crippen LogP contribution in [-0.2, 0) is 9.59 Å². The first-order valence-electron chi connectivity index (χ1n) is 7.42. The molecule has 1 atom stereocenters. The number of piperazine rings is 1. The first-order chi connectivity index (χ1) is 10.1. The quantitative estimate of drug-likeness (QED) is 0.925. The summed E-state index contributed by atoms with van der Waals surface area (Å²) in [6.07, 6.45) is 1.44. The second kappa shape index (κ2) is 6.70. The minimum atomic E-state index is -0.868. The van der Waals surface area contributed by atoms with E-state index in [1.54, 1.807) is 18.2 Å². The average molecular weight is 292 g/mol. The van der Waals surface area contributed by atoms with Crippen molar-refractivity contribution in [3.8, 4) is 0 Å². The van der Waals surface area contributed by atoms with E-state index in [9.17, 15) is 14.0 Å². The Morgan fingerprint density at radius 3 is 2.67 bits per heavy atom. The topological polar surface area (TPSA) is 49.4 Å². The second-order valence-corrected chi connectivity index (χ2v) is 5.26. The van der Waals surface area contributed by atoms with Crippen molar-refractivity contribution in [3.05, 3.63) is 35.6 Å².